The predicted molar refractivity (Wildman–Crippen MR) is 98.6 cm³/mol. The summed E-state index contributed by atoms with van der Waals surface area (Å²) in [5, 5.41) is 15.5. The molecule has 0 amide bonds. The molecule has 0 unspecified atom stereocenters. The van der Waals surface area contributed by atoms with Crippen LogP contribution in [0, 0.1) is 0 Å². The van der Waals surface area contributed by atoms with E-state index in [1.807, 2.05) is 30.3 Å². The van der Waals surface area contributed by atoms with Gasteiger partial charge < -0.3 is 25.2 Å². The first-order valence-corrected chi connectivity index (χ1v) is 8.24. The Kier molecular flexibility index (Phi) is 4.44. The van der Waals surface area contributed by atoms with Gasteiger partial charge in [-0.2, -0.15) is 4.98 Å². The van der Waals surface area contributed by atoms with Gasteiger partial charge in [0.25, 0.3) is 0 Å². The molecule has 0 radical (unpaired) electrons. The molecule has 1 aromatic heterocycles. The van der Waals surface area contributed by atoms with Crippen molar-refractivity contribution in [2.75, 3.05) is 17.4 Å². The average Bonchev–Trinajstić information content (AvgIpc) is 3.15. The van der Waals surface area contributed by atoms with Crippen molar-refractivity contribution in [1.29, 1.82) is 0 Å². The molecule has 3 N–H and O–H groups in total. The van der Waals surface area contributed by atoms with Crippen LogP contribution in [0.25, 0.3) is 0 Å². The van der Waals surface area contributed by atoms with Crippen molar-refractivity contribution in [3.8, 4) is 11.5 Å². The first-order chi connectivity index (χ1) is 13.2. The van der Waals surface area contributed by atoms with Gasteiger partial charge in [-0.1, -0.05) is 30.3 Å². The average molecular weight is 364 g/mol. The van der Waals surface area contributed by atoms with Crippen molar-refractivity contribution in [2.45, 2.75) is 6.54 Å². The maximum atomic E-state index is 11.5. The van der Waals surface area contributed by atoms with Crippen LogP contribution in [0.2, 0.25) is 0 Å². The summed E-state index contributed by atoms with van der Waals surface area (Å²) in [6.07, 6.45) is 1.28. The van der Waals surface area contributed by atoms with Crippen molar-refractivity contribution >= 4 is 23.4 Å². The maximum Gasteiger partial charge on any atom is 0.341 e. The van der Waals surface area contributed by atoms with Crippen LogP contribution in [0.3, 0.4) is 0 Å². The van der Waals surface area contributed by atoms with E-state index in [0.717, 1.165) is 5.56 Å². The summed E-state index contributed by atoms with van der Waals surface area (Å²) in [6.45, 7) is 0.691. The molecule has 0 saturated carbocycles. The van der Waals surface area contributed by atoms with E-state index in [1.165, 1.54) is 6.20 Å². The van der Waals surface area contributed by atoms with E-state index in [4.69, 9.17) is 9.47 Å². The van der Waals surface area contributed by atoms with Crippen LogP contribution < -0.4 is 20.1 Å². The molecule has 0 fully saturated rings. The number of carboxylic acid groups (broad SMARTS) is 1. The van der Waals surface area contributed by atoms with Crippen LogP contribution in [0.15, 0.2) is 54.7 Å². The Morgan fingerprint density at radius 2 is 1.93 bits per heavy atom. The topological polar surface area (TPSA) is 106 Å². The second-order valence-corrected chi connectivity index (χ2v) is 5.79. The number of hydrogen-bond acceptors (Lipinski definition) is 7. The Hall–Kier alpha value is -3.81. The number of benzene rings is 2. The van der Waals surface area contributed by atoms with Gasteiger partial charge in [0.2, 0.25) is 12.7 Å². The van der Waals surface area contributed by atoms with Crippen LogP contribution >= 0.6 is 0 Å². The van der Waals surface area contributed by atoms with E-state index in [2.05, 4.69) is 20.6 Å². The molecule has 0 saturated heterocycles. The van der Waals surface area contributed by atoms with Gasteiger partial charge in [-0.25, -0.2) is 9.78 Å². The smallest absolute Gasteiger partial charge is 0.341 e. The number of nitrogens with zero attached hydrogens (tertiary/aromatic N) is 2. The number of hydrogen-bond donors (Lipinski definition) is 3. The number of carbonyl (C=O) groups is 1. The highest BCUT2D eigenvalue weighted by Gasteiger charge is 2.17. The minimum atomic E-state index is -1.12. The van der Waals surface area contributed by atoms with Crippen molar-refractivity contribution < 1.29 is 19.4 Å². The first-order valence-electron chi connectivity index (χ1n) is 8.24. The lowest BCUT2D eigenvalue weighted by atomic mass is 10.2. The van der Waals surface area contributed by atoms with Crippen LogP contribution in [-0.4, -0.2) is 27.8 Å². The van der Waals surface area contributed by atoms with Crippen molar-refractivity contribution in [1.82, 2.24) is 9.97 Å². The number of aromatic carboxylic acids is 1. The Labute approximate surface area is 154 Å². The fraction of sp³-hybridized carbons (Fsp3) is 0.105. The summed E-state index contributed by atoms with van der Waals surface area (Å²) in [7, 11) is 0. The molecular formula is C19H16N4O4. The van der Waals surface area contributed by atoms with E-state index in [0.29, 0.717) is 29.7 Å². The molecule has 8 nitrogen and oxygen atoms in total. The Balaban J connectivity index is 1.56. The van der Waals surface area contributed by atoms with Crippen molar-refractivity contribution in [2.24, 2.45) is 0 Å². The number of fused-ring (bicyclic) bond motifs is 1. The molecule has 0 aliphatic carbocycles. The SMILES string of the molecule is O=C(O)c1cnc(NCc2ccccc2)nc1Nc1ccc2c(c1)OCO2. The first kappa shape index (κ1) is 16.6. The van der Waals surface area contributed by atoms with E-state index in [-0.39, 0.29) is 18.2 Å². The third-order valence-electron chi connectivity index (χ3n) is 3.95. The molecule has 2 heterocycles. The van der Waals surface area contributed by atoms with Crippen molar-refractivity contribution in [3.63, 3.8) is 0 Å². The van der Waals surface area contributed by atoms with Gasteiger partial charge in [-0.05, 0) is 17.7 Å². The molecule has 27 heavy (non-hydrogen) atoms. The number of carboxylic acids is 1. The number of aromatic nitrogens is 2. The number of nitrogens with one attached hydrogen (secondary N) is 2. The third kappa shape index (κ3) is 3.74. The minimum Gasteiger partial charge on any atom is -0.477 e. The second kappa shape index (κ2) is 7.20. The Morgan fingerprint density at radius 1 is 1.11 bits per heavy atom. The Bertz CT molecular complexity index is 979. The van der Waals surface area contributed by atoms with Gasteiger partial charge in [0.1, 0.15) is 5.56 Å². The summed E-state index contributed by atoms with van der Waals surface area (Å²) < 4.78 is 10.6. The van der Waals surface area contributed by atoms with Crippen LogP contribution in [0.5, 0.6) is 11.5 Å². The van der Waals surface area contributed by atoms with Gasteiger partial charge in [0.05, 0.1) is 0 Å². The molecule has 136 valence electrons. The second-order valence-electron chi connectivity index (χ2n) is 5.79. The van der Waals surface area contributed by atoms with Crippen LogP contribution in [-0.2, 0) is 6.54 Å². The highest BCUT2D eigenvalue weighted by atomic mass is 16.7. The normalized spacial score (nSPS) is 11.9. The van der Waals surface area contributed by atoms with E-state index >= 15 is 0 Å². The highest BCUT2D eigenvalue weighted by molar-refractivity contribution is 5.93. The van der Waals surface area contributed by atoms with Gasteiger partial charge in [0, 0.05) is 24.5 Å². The zero-order chi connectivity index (χ0) is 18.6. The van der Waals surface area contributed by atoms with Gasteiger partial charge in [-0.3, -0.25) is 0 Å². The van der Waals surface area contributed by atoms with E-state index in [1.54, 1.807) is 18.2 Å². The van der Waals surface area contributed by atoms with Crippen LogP contribution in [0.4, 0.5) is 17.5 Å². The lowest BCUT2D eigenvalue weighted by Gasteiger charge is -2.11. The summed E-state index contributed by atoms with van der Waals surface area (Å²) in [4.78, 5) is 19.9. The molecular weight excluding hydrogens is 348 g/mol. The molecule has 0 bridgehead atoms. The highest BCUT2D eigenvalue weighted by Crippen LogP contribution is 2.35. The molecule has 4 rings (SSSR count). The molecule has 2 aromatic carbocycles. The molecule has 1 aliphatic rings. The minimum absolute atomic E-state index is 0.0297. The fourth-order valence-electron chi connectivity index (χ4n) is 2.61. The number of anilines is 3. The lowest BCUT2D eigenvalue weighted by Crippen LogP contribution is -2.10. The summed E-state index contributed by atoms with van der Waals surface area (Å²) in [5.41, 5.74) is 1.67. The monoisotopic (exact) mass is 364 g/mol. The molecule has 3 aromatic rings. The van der Waals surface area contributed by atoms with Gasteiger partial charge in [0.15, 0.2) is 17.3 Å². The summed E-state index contributed by atoms with van der Waals surface area (Å²) in [5.74, 6) is 0.632. The van der Waals surface area contributed by atoms with E-state index in [9.17, 15) is 9.90 Å². The molecule has 1 aliphatic heterocycles. The zero-order valence-corrected chi connectivity index (χ0v) is 14.2. The van der Waals surface area contributed by atoms with Crippen molar-refractivity contribution in [3.05, 3.63) is 65.9 Å². The van der Waals surface area contributed by atoms with E-state index < -0.39 is 5.97 Å². The quantitative estimate of drug-likeness (QED) is 0.612. The third-order valence-corrected chi connectivity index (χ3v) is 3.95. The fourth-order valence-corrected chi connectivity index (χ4v) is 2.61. The molecule has 0 atom stereocenters. The molecule has 0 spiro atoms. The predicted octanol–water partition coefficient (Wildman–Crippen LogP) is 3.26. The number of rotatable bonds is 6. The standard InChI is InChI=1S/C19H16N4O4/c24-18(25)14-10-21-19(20-9-12-4-2-1-3-5-12)23-17(14)22-13-6-7-15-16(8-13)27-11-26-15/h1-8,10H,9,11H2,(H,24,25)(H2,20,21,22,23). The maximum absolute atomic E-state index is 11.5. The van der Waals surface area contributed by atoms with Gasteiger partial charge in [-0.15, -0.1) is 0 Å². The summed E-state index contributed by atoms with van der Waals surface area (Å²) in [6, 6.07) is 15.0. The summed E-state index contributed by atoms with van der Waals surface area (Å²) >= 11 is 0. The lowest BCUT2D eigenvalue weighted by molar-refractivity contribution is 0.0697. The van der Waals surface area contributed by atoms with Crippen LogP contribution in [0.1, 0.15) is 15.9 Å². The zero-order valence-electron chi connectivity index (χ0n) is 14.2. The number of ether oxygens (including phenoxy) is 2. The largest absolute Gasteiger partial charge is 0.477 e. The van der Waals surface area contributed by atoms with Gasteiger partial charge >= 0.3 is 5.97 Å². The Morgan fingerprint density at radius 3 is 2.74 bits per heavy atom. The molecule has 8 heteroatoms.